The van der Waals surface area contributed by atoms with Crippen LogP contribution in [0.15, 0.2) is 54.9 Å². The number of carbonyl (C=O) groups excluding carboxylic acids is 1. The average Bonchev–Trinajstić information content (AvgIpc) is 3.23. The van der Waals surface area contributed by atoms with Crippen molar-refractivity contribution in [1.29, 1.82) is 0 Å². The molecule has 1 aromatic carbocycles. The number of aryl methyl sites for hydroxylation is 1. The number of fused-ring (bicyclic) bond motifs is 2. The number of nitrogens with zero attached hydrogens (tertiary/aromatic N) is 4. The molecule has 4 aromatic rings. The molecule has 0 fully saturated rings. The molecule has 25 heavy (non-hydrogen) atoms. The molecule has 6 nitrogen and oxygen atoms in total. The van der Waals surface area contributed by atoms with Crippen molar-refractivity contribution < 1.29 is 4.79 Å². The predicted molar refractivity (Wildman–Crippen MR) is 96.5 cm³/mol. The topological polar surface area (TPSA) is 64.2 Å². The van der Waals surface area contributed by atoms with E-state index in [-0.39, 0.29) is 11.9 Å². The first kappa shape index (κ1) is 15.4. The number of nitrogens with one attached hydrogen (secondary N) is 1. The normalized spacial score (nSPS) is 12.6. The van der Waals surface area contributed by atoms with Crippen molar-refractivity contribution in [1.82, 2.24) is 24.5 Å². The maximum atomic E-state index is 12.8. The second-order valence-corrected chi connectivity index (χ2v) is 6.03. The lowest BCUT2D eigenvalue weighted by Gasteiger charge is -2.12. The first-order valence-corrected chi connectivity index (χ1v) is 8.37. The summed E-state index contributed by atoms with van der Waals surface area (Å²) in [6.45, 7) is 4.80. The average molecular weight is 333 g/mol. The molecular weight excluding hydrogens is 314 g/mol. The first-order chi connectivity index (χ1) is 12.2. The number of para-hydroxylation sites is 1. The largest absolute Gasteiger partial charge is 0.347 e. The number of pyridine rings is 1. The monoisotopic (exact) mass is 333 g/mol. The molecule has 1 unspecified atom stereocenters. The van der Waals surface area contributed by atoms with Crippen molar-refractivity contribution >= 4 is 22.5 Å². The number of rotatable bonds is 4. The maximum absolute atomic E-state index is 12.8. The Morgan fingerprint density at radius 2 is 1.96 bits per heavy atom. The van der Waals surface area contributed by atoms with Gasteiger partial charge in [-0.25, -0.2) is 0 Å². The van der Waals surface area contributed by atoms with Crippen LogP contribution in [0, 0.1) is 0 Å². The van der Waals surface area contributed by atoms with Crippen LogP contribution in [-0.4, -0.2) is 25.1 Å². The molecule has 6 heteroatoms. The fourth-order valence-electron chi connectivity index (χ4n) is 3.18. The third-order valence-electron chi connectivity index (χ3n) is 4.45. The zero-order chi connectivity index (χ0) is 17.4. The van der Waals surface area contributed by atoms with E-state index in [9.17, 15) is 4.79 Å². The highest BCUT2D eigenvalue weighted by Crippen LogP contribution is 2.22. The van der Waals surface area contributed by atoms with Crippen LogP contribution in [0.5, 0.6) is 0 Å². The molecule has 0 saturated heterocycles. The first-order valence-electron chi connectivity index (χ1n) is 8.37. The Morgan fingerprint density at radius 3 is 2.80 bits per heavy atom. The minimum atomic E-state index is -0.256. The van der Waals surface area contributed by atoms with Gasteiger partial charge in [-0.05, 0) is 32.0 Å². The molecule has 0 aliphatic heterocycles. The molecule has 3 heterocycles. The fraction of sp³-hybridized carbons (Fsp3) is 0.211. The van der Waals surface area contributed by atoms with Crippen molar-refractivity contribution in [2.45, 2.75) is 26.4 Å². The van der Waals surface area contributed by atoms with Gasteiger partial charge in [0.1, 0.15) is 0 Å². The van der Waals surface area contributed by atoms with E-state index in [4.69, 9.17) is 0 Å². The predicted octanol–water partition coefficient (Wildman–Crippen LogP) is 3.19. The van der Waals surface area contributed by atoms with Gasteiger partial charge in [-0.1, -0.05) is 24.3 Å². The summed E-state index contributed by atoms with van der Waals surface area (Å²) in [5.74, 6) is 0.603. The Morgan fingerprint density at radius 1 is 1.16 bits per heavy atom. The van der Waals surface area contributed by atoms with Gasteiger partial charge in [0.2, 0.25) is 0 Å². The summed E-state index contributed by atoms with van der Waals surface area (Å²) < 4.78 is 3.97. The van der Waals surface area contributed by atoms with Crippen LogP contribution >= 0.6 is 0 Å². The van der Waals surface area contributed by atoms with Crippen LogP contribution in [-0.2, 0) is 6.54 Å². The van der Waals surface area contributed by atoms with E-state index < -0.39 is 0 Å². The number of hydrogen-bond acceptors (Lipinski definition) is 3. The lowest BCUT2D eigenvalue weighted by molar-refractivity contribution is 0.0939. The SMILES string of the molecule is CCn1cc(C(=O)NC(C)c2nnc3ccccn23)c2ccccc21. The third kappa shape index (κ3) is 2.55. The zero-order valence-corrected chi connectivity index (χ0v) is 14.2. The van der Waals surface area contributed by atoms with Gasteiger partial charge in [0.25, 0.3) is 5.91 Å². The Hall–Kier alpha value is -3.15. The molecule has 1 amide bonds. The summed E-state index contributed by atoms with van der Waals surface area (Å²) in [4.78, 5) is 12.8. The molecule has 0 saturated carbocycles. The molecule has 126 valence electrons. The van der Waals surface area contributed by atoms with Crippen molar-refractivity contribution in [3.8, 4) is 0 Å². The Balaban J connectivity index is 1.66. The Bertz CT molecular complexity index is 1060. The standard InChI is InChI=1S/C19H19N5O/c1-3-23-12-15(14-8-4-5-9-16(14)23)19(25)20-13(2)18-22-21-17-10-6-7-11-24(17)18/h4-13H,3H2,1-2H3,(H,20,25). The number of benzene rings is 1. The van der Waals surface area contributed by atoms with Crippen LogP contribution in [0.2, 0.25) is 0 Å². The molecule has 0 bridgehead atoms. The van der Waals surface area contributed by atoms with E-state index >= 15 is 0 Å². The van der Waals surface area contributed by atoms with E-state index in [1.807, 2.05) is 66.2 Å². The second kappa shape index (κ2) is 6.05. The van der Waals surface area contributed by atoms with Gasteiger partial charge in [-0.3, -0.25) is 9.20 Å². The number of hydrogen-bond donors (Lipinski definition) is 1. The highest BCUT2D eigenvalue weighted by Gasteiger charge is 2.19. The van der Waals surface area contributed by atoms with Crippen LogP contribution in [0.3, 0.4) is 0 Å². The molecule has 4 rings (SSSR count). The van der Waals surface area contributed by atoms with Gasteiger partial charge in [0, 0.05) is 29.8 Å². The molecule has 0 aliphatic carbocycles. The Kier molecular flexibility index (Phi) is 3.72. The van der Waals surface area contributed by atoms with E-state index in [1.165, 1.54) is 0 Å². The van der Waals surface area contributed by atoms with E-state index in [2.05, 4.69) is 27.0 Å². The lowest BCUT2D eigenvalue weighted by Crippen LogP contribution is -2.27. The van der Waals surface area contributed by atoms with Crippen molar-refractivity contribution in [3.63, 3.8) is 0 Å². The van der Waals surface area contributed by atoms with Gasteiger partial charge < -0.3 is 9.88 Å². The highest BCUT2D eigenvalue weighted by molar-refractivity contribution is 6.07. The van der Waals surface area contributed by atoms with Crippen molar-refractivity contribution in [2.75, 3.05) is 0 Å². The van der Waals surface area contributed by atoms with Crippen molar-refractivity contribution in [3.05, 3.63) is 66.2 Å². The fourth-order valence-corrected chi connectivity index (χ4v) is 3.18. The highest BCUT2D eigenvalue weighted by atomic mass is 16.1. The lowest BCUT2D eigenvalue weighted by atomic mass is 10.1. The van der Waals surface area contributed by atoms with E-state index in [1.54, 1.807) is 0 Å². The molecular formula is C19H19N5O. The summed E-state index contributed by atoms with van der Waals surface area (Å²) >= 11 is 0. The van der Waals surface area contributed by atoms with Gasteiger partial charge in [-0.15, -0.1) is 10.2 Å². The van der Waals surface area contributed by atoms with Gasteiger partial charge in [0.05, 0.1) is 11.6 Å². The summed E-state index contributed by atoms with van der Waals surface area (Å²) in [5, 5.41) is 12.4. The molecule has 3 aromatic heterocycles. The summed E-state index contributed by atoms with van der Waals surface area (Å²) in [7, 11) is 0. The quantitative estimate of drug-likeness (QED) is 0.624. The summed E-state index contributed by atoms with van der Waals surface area (Å²) in [5.41, 5.74) is 2.51. The molecule has 0 spiro atoms. The minimum absolute atomic E-state index is 0.108. The molecule has 1 N–H and O–H groups in total. The number of amides is 1. The van der Waals surface area contributed by atoms with E-state index in [0.29, 0.717) is 11.4 Å². The zero-order valence-electron chi connectivity index (χ0n) is 14.2. The Labute approximate surface area is 145 Å². The van der Waals surface area contributed by atoms with Crippen LogP contribution in [0.25, 0.3) is 16.6 Å². The summed E-state index contributed by atoms with van der Waals surface area (Å²) in [6, 6.07) is 13.4. The van der Waals surface area contributed by atoms with Gasteiger partial charge in [-0.2, -0.15) is 0 Å². The maximum Gasteiger partial charge on any atom is 0.254 e. The van der Waals surface area contributed by atoms with Gasteiger partial charge in [0.15, 0.2) is 11.5 Å². The van der Waals surface area contributed by atoms with Crippen molar-refractivity contribution in [2.24, 2.45) is 0 Å². The molecule has 1 atom stereocenters. The van der Waals surface area contributed by atoms with Crippen LogP contribution in [0.1, 0.15) is 36.1 Å². The number of carbonyl (C=O) groups is 1. The van der Waals surface area contributed by atoms with Crippen LogP contribution in [0.4, 0.5) is 0 Å². The van der Waals surface area contributed by atoms with Crippen LogP contribution < -0.4 is 5.32 Å². The smallest absolute Gasteiger partial charge is 0.254 e. The molecule has 0 aliphatic rings. The summed E-state index contributed by atoms with van der Waals surface area (Å²) in [6.07, 6.45) is 3.81. The number of aromatic nitrogens is 4. The van der Waals surface area contributed by atoms with Gasteiger partial charge >= 0.3 is 0 Å². The minimum Gasteiger partial charge on any atom is -0.347 e. The third-order valence-corrected chi connectivity index (χ3v) is 4.45. The second-order valence-electron chi connectivity index (χ2n) is 6.03. The molecule has 0 radical (unpaired) electrons. The van der Waals surface area contributed by atoms with E-state index in [0.717, 1.165) is 23.1 Å².